The van der Waals surface area contributed by atoms with Crippen LogP contribution >= 0.6 is 10.0 Å². The predicted octanol–water partition coefficient (Wildman–Crippen LogP) is 10.7. The van der Waals surface area contributed by atoms with Gasteiger partial charge in [0.1, 0.15) is 0 Å². The lowest BCUT2D eigenvalue weighted by Gasteiger charge is -2.39. The molecule has 1 aliphatic heterocycles. The van der Waals surface area contributed by atoms with Gasteiger partial charge in [0.05, 0.1) is 0 Å². The van der Waals surface area contributed by atoms with Crippen molar-refractivity contribution in [2.24, 2.45) is 0 Å². The van der Waals surface area contributed by atoms with E-state index in [9.17, 15) is 0 Å². The van der Waals surface area contributed by atoms with Gasteiger partial charge in [0.15, 0.2) is 0 Å². The molecule has 0 N–H and O–H groups in total. The van der Waals surface area contributed by atoms with Crippen molar-refractivity contribution in [3.8, 4) is 11.1 Å². The molecule has 0 nitrogen and oxygen atoms in total. The summed E-state index contributed by atoms with van der Waals surface area (Å²) in [7, 11) is -0.874. The van der Waals surface area contributed by atoms with Gasteiger partial charge in [0.2, 0.25) is 0 Å². The molecule has 0 amide bonds. The predicted molar refractivity (Wildman–Crippen MR) is 146 cm³/mol. The molecule has 0 atom stereocenters. The minimum atomic E-state index is -0.874. The van der Waals surface area contributed by atoms with Crippen LogP contribution in [0.25, 0.3) is 11.1 Å². The van der Waals surface area contributed by atoms with Gasteiger partial charge >= 0.3 is 0 Å². The molecule has 176 valence electrons. The highest BCUT2D eigenvalue weighted by atomic mass is 32.3. The maximum absolute atomic E-state index is 2.50. The van der Waals surface area contributed by atoms with Gasteiger partial charge < -0.3 is 0 Å². The van der Waals surface area contributed by atoms with E-state index in [1.807, 2.05) is 27.7 Å². The SMILES string of the molecule is CC.CC.CCCCCCS1(CCCCCC)c2ccc(C)cc2-c2cc(C)ccc21. The van der Waals surface area contributed by atoms with Gasteiger partial charge in [-0.1, -0.05) is 115 Å². The minimum absolute atomic E-state index is 0.874. The Hall–Kier alpha value is -1.21. The maximum atomic E-state index is 2.50. The van der Waals surface area contributed by atoms with Crippen molar-refractivity contribution in [2.75, 3.05) is 11.5 Å². The number of unbranched alkanes of at least 4 members (excludes halogenated alkanes) is 6. The molecule has 0 bridgehead atoms. The first-order valence-electron chi connectivity index (χ1n) is 13.1. The third kappa shape index (κ3) is 6.88. The van der Waals surface area contributed by atoms with E-state index in [1.54, 1.807) is 20.9 Å². The molecular weight excluding hydrogens is 392 g/mol. The van der Waals surface area contributed by atoms with Gasteiger partial charge in [-0.3, -0.25) is 0 Å². The van der Waals surface area contributed by atoms with Crippen LogP contribution in [0.3, 0.4) is 0 Å². The lowest BCUT2D eigenvalue weighted by molar-refractivity contribution is 0.696. The van der Waals surface area contributed by atoms with Crippen LogP contribution in [0.4, 0.5) is 0 Å². The Morgan fingerprint density at radius 2 is 0.935 bits per heavy atom. The molecule has 1 heterocycles. The lowest BCUT2D eigenvalue weighted by Crippen LogP contribution is -2.09. The molecular formula is C30H50S. The smallest absolute Gasteiger partial charge is 0.00204 e. The molecule has 0 saturated carbocycles. The van der Waals surface area contributed by atoms with Crippen molar-refractivity contribution < 1.29 is 0 Å². The Morgan fingerprint density at radius 3 is 1.29 bits per heavy atom. The van der Waals surface area contributed by atoms with Crippen molar-refractivity contribution in [2.45, 2.75) is 117 Å². The highest BCUT2D eigenvalue weighted by Gasteiger charge is 2.37. The Balaban J connectivity index is 0.00000113. The van der Waals surface area contributed by atoms with Crippen molar-refractivity contribution in [1.82, 2.24) is 0 Å². The van der Waals surface area contributed by atoms with E-state index in [2.05, 4.69) is 64.1 Å². The van der Waals surface area contributed by atoms with E-state index < -0.39 is 10.0 Å². The minimum Gasteiger partial charge on any atom is -0.187 e. The largest absolute Gasteiger partial charge is 0.187 e. The van der Waals surface area contributed by atoms with E-state index >= 15 is 0 Å². The molecule has 31 heavy (non-hydrogen) atoms. The lowest BCUT2D eigenvalue weighted by atomic mass is 10.0. The molecule has 0 unspecified atom stereocenters. The van der Waals surface area contributed by atoms with Crippen LogP contribution in [-0.2, 0) is 0 Å². The Bertz CT molecular complexity index is 694. The molecule has 2 aromatic carbocycles. The van der Waals surface area contributed by atoms with Crippen LogP contribution in [0, 0.1) is 13.8 Å². The van der Waals surface area contributed by atoms with Gasteiger partial charge in [-0.2, -0.15) is 10.0 Å². The summed E-state index contributed by atoms with van der Waals surface area (Å²) in [5.41, 5.74) is 5.89. The van der Waals surface area contributed by atoms with Crippen LogP contribution < -0.4 is 0 Å². The topological polar surface area (TPSA) is 0 Å². The zero-order chi connectivity index (χ0) is 23.3. The van der Waals surface area contributed by atoms with Gasteiger partial charge in [0, 0.05) is 9.79 Å². The third-order valence-electron chi connectivity index (χ3n) is 6.09. The van der Waals surface area contributed by atoms with Crippen LogP contribution in [0.1, 0.15) is 104 Å². The number of hydrogen-bond donors (Lipinski definition) is 0. The second kappa shape index (κ2) is 14.8. The molecule has 3 rings (SSSR count). The summed E-state index contributed by atoms with van der Waals surface area (Å²) in [4.78, 5) is 3.39. The zero-order valence-electron chi connectivity index (χ0n) is 21.9. The fourth-order valence-corrected chi connectivity index (χ4v) is 9.15. The normalized spacial score (nSPS) is 13.8. The average molecular weight is 443 g/mol. The first-order chi connectivity index (χ1) is 15.1. The second-order valence-electron chi connectivity index (χ2n) is 8.41. The van der Waals surface area contributed by atoms with Gasteiger partial charge in [-0.25, -0.2) is 0 Å². The van der Waals surface area contributed by atoms with E-state index in [4.69, 9.17) is 0 Å². The fourth-order valence-electron chi connectivity index (χ4n) is 4.60. The Kier molecular flexibility index (Phi) is 13.3. The highest BCUT2D eigenvalue weighted by molar-refractivity contribution is 8.34. The average Bonchev–Trinajstić information content (AvgIpc) is 3.06. The summed E-state index contributed by atoms with van der Waals surface area (Å²) in [6, 6.07) is 14.6. The van der Waals surface area contributed by atoms with E-state index in [-0.39, 0.29) is 0 Å². The van der Waals surface area contributed by atoms with E-state index in [0.717, 1.165) is 0 Å². The quantitative estimate of drug-likeness (QED) is 0.321. The molecule has 1 aliphatic rings. The summed E-state index contributed by atoms with van der Waals surface area (Å²) < 4.78 is 0. The number of aryl methyl sites for hydroxylation is 2. The molecule has 0 aliphatic carbocycles. The van der Waals surface area contributed by atoms with E-state index in [0.29, 0.717) is 0 Å². The standard InChI is InChI=1S/C26H38S.2C2H6/c1-5-7-9-11-17-27(18-12-10-8-6-2)25-15-13-21(3)19-23(25)24-20-22(4)14-16-26(24)27;2*1-2/h13-16,19-20H,5-12,17-18H2,1-4H3;2*1-2H3. The van der Waals surface area contributed by atoms with Gasteiger partial charge in [0.25, 0.3) is 0 Å². The number of hydrogen-bond acceptors (Lipinski definition) is 0. The van der Waals surface area contributed by atoms with Crippen LogP contribution in [0.2, 0.25) is 0 Å². The first kappa shape index (κ1) is 27.8. The molecule has 0 fully saturated rings. The van der Waals surface area contributed by atoms with E-state index in [1.165, 1.54) is 74.0 Å². The monoisotopic (exact) mass is 442 g/mol. The fraction of sp³-hybridized carbons (Fsp3) is 0.600. The summed E-state index contributed by atoms with van der Waals surface area (Å²) in [6.45, 7) is 17.1. The van der Waals surface area contributed by atoms with Crippen molar-refractivity contribution in [1.29, 1.82) is 0 Å². The zero-order valence-corrected chi connectivity index (χ0v) is 22.8. The first-order valence-corrected chi connectivity index (χ1v) is 15.1. The number of rotatable bonds is 10. The van der Waals surface area contributed by atoms with Crippen molar-refractivity contribution in [3.05, 3.63) is 47.5 Å². The molecule has 0 radical (unpaired) electrons. The number of benzene rings is 2. The van der Waals surface area contributed by atoms with Crippen LogP contribution in [0.5, 0.6) is 0 Å². The molecule has 0 spiro atoms. The van der Waals surface area contributed by atoms with Crippen LogP contribution in [-0.4, -0.2) is 11.5 Å². The van der Waals surface area contributed by atoms with Gasteiger partial charge in [-0.15, -0.1) is 0 Å². The second-order valence-corrected chi connectivity index (χ2v) is 11.9. The van der Waals surface area contributed by atoms with Crippen molar-refractivity contribution >= 4 is 10.0 Å². The summed E-state index contributed by atoms with van der Waals surface area (Å²) in [5.74, 6) is 2.79. The summed E-state index contributed by atoms with van der Waals surface area (Å²) >= 11 is 0. The molecule has 0 aromatic heterocycles. The number of fused-ring (bicyclic) bond motifs is 3. The summed E-state index contributed by atoms with van der Waals surface area (Å²) in [6.07, 6.45) is 11.0. The van der Waals surface area contributed by atoms with Crippen LogP contribution in [0.15, 0.2) is 46.2 Å². The third-order valence-corrected chi connectivity index (χ3v) is 10.5. The Morgan fingerprint density at radius 1 is 0.548 bits per heavy atom. The highest BCUT2D eigenvalue weighted by Crippen LogP contribution is 2.72. The van der Waals surface area contributed by atoms with Gasteiger partial charge in [-0.05, 0) is 61.5 Å². The molecule has 1 heteroatoms. The molecule has 2 aromatic rings. The summed E-state index contributed by atoms with van der Waals surface area (Å²) in [5, 5.41) is 0. The molecule has 0 saturated heterocycles. The van der Waals surface area contributed by atoms with Crippen molar-refractivity contribution in [3.63, 3.8) is 0 Å². The Labute approximate surface area is 196 Å². The maximum Gasteiger partial charge on any atom is 0.00204 e.